The van der Waals surface area contributed by atoms with Gasteiger partial charge in [-0.15, -0.1) is 0 Å². The number of rotatable bonds is 2. The minimum Gasteiger partial charge on any atom is -0.311 e. The van der Waals surface area contributed by atoms with E-state index >= 15 is 0 Å². The second-order valence-electron chi connectivity index (χ2n) is 15.0. The summed E-state index contributed by atoms with van der Waals surface area (Å²) in [6.45, 7) is 18.5. The molecule has 0 aliphatic carbocycles. The molecule has 0 atom stereocenters. The van der Waals surface area contributed by atoms with E-state index in [2.05, 4.69) is 162 Å². The zero-order valence-corrected chi connectivity index (χ0v) is 29.7. The molecule has 0 radical (unpaired) electrons. The van der Waals surface area contributed by atoms with Gasteiger partial charge in [-0.25, -0.2) is 0 Å². The molecule has 7 rings (SSSR count). The Labute approximate surface area is 267 Å². The third-order valence-corrected chi connectivity index (χ3v) is 10.2. The fourth-order valence-electron chi connectivity index (χ4n) is 7.19. The molecule has 5 aromatic carbocycles. The maximum absolute atomic E-state index is 2.54. The number of hydrogen-bond acceptors (Lipinski definition) is 2. The SMILES string of the molecule is Cc1cc2c3c(c1)N(c1ccccc1C)c1ccc([SiH3])cc1B3c1cc(C(C)(C)C)ccc1N2c1ccc(C(C)(C)C)cc1. The first-order valence-electron chi connectivity index (χ1n) is 16.0. The molecule has 2 nitrogen and oxygen atoms in total. The molecule has 0 aromatic heterocycles. The van der Waals surface area contributed by atoms with E-state index in [9.17, 15) is 0 Å². The van der Waals surface area contributed by atoms with Crippen LogP contribution in [0.5, 0.6) is 0 Å². The van der Waals surface area contributed by atoms with Crippen molar-refractivity contribution in [3.8, 4) is 0 Å². The van der Waals surface area contributed by atoms with Crippen LogP contribution in [0.3, 0.4) is 0 Å². The third-order valence-electron chi connectivity index (χ3n) is 9.58. The molecule has 0 N–H and O–H groups in total. The van der Waals surface area contributed by atoms with Gasteiger partial charge in [0.25, 0.3) is 6.71 Å². The van der Waals surface area contributed by atoms with Crippen molar-refractivity contribution in [3.63, 3.8) is 0 Å². The number of aryl methyl sites for hydroxylation is 2. The van der Waals surface area contributed by atoms with E-state index < -0.39 is 0 Å². The summed E-state index contributed by atoms with van der Waals surface area (Å²) in [6.07, 6.45) is 0. The summed E-state index contributed by atoms with van der Waals surface area (Å²) in [5.41, 5.74) is 17.2. The van der Waals surface area contributed by atoms with Gasteiger partial charge in [-0.2, -0.15) is 0 Å². The Balaban J connectivity index is 1.58. The number of para-hydroxylation sites is 1. The lowest BCUT2D eigenvalue weighted by Crippen LogP contribution is -2.62. The van der Waals surface area contributed by atoms with Gasteiger partial charge < -0.3 is 9.80 Å². The molecular formula is C40H43BN2Si. The molecule has 0 saturated heterocycles. The average molecular weight is 591 g/mol. The fourth-order valence-corrected chi connectivity index (χ4v) is 7.67. The van der Waals surface area contributed by atoms with E-state index in [-0.39, 0.29) is 17.5 Å². The van der Waals surface area contributed by atoms with Crippen molar-refractivity contribution in [1.29, 1.82) is 0 Å². The molecule has 44 heavy (non-hydrogen) atoms. The molecule has 0 fully saturated rings. The van der Waals surface area contributed by atoms with Gasteiger partial charge >= 0.3 is 0 Å². The van der Waals surface area contributed by atoms with Crippen LogP contribution in [0, 0.1) is 13.8 Å². The highest BCUT2D eigenvalue weighted by atomic mass is 28.1. The lowest BCUT2D eigenvalue weighted by Gasteiger charge is -2.45. The maximum atomic E-state index is 2.54. The Bertz CT molecular complexity index is 1930. The van der Waals surface area contributed by atoms with Crippen molar-refractivity contribution in [3.05, 3.63) is 119 Å². The van der Waals surface area contributed by atoms with Crippen LogP contribution in [0.25, 0.3) is 0 Å². The molecular weight excluding hydrogens is 547 g/mol. The van der Waals surface area contributed by atoms with Gasteiger partial charge in [-0.05, 0) is 106 Å². The summed E-state index contributed by atoms with van der Waals surface area (Å²) in [4.78, 5) is 5.07. The fraction of sp³-hybridized carbons (Fsp3) is 0.250. The second kappa shape index (κ2) is 10.0. The van der Waals surface area contributed by atoms with Gasteiger partial charge in [0.15, 0.2) is 0 Å². The highest BCUT2D eigenvalue weighted by molar-refractivity contribution is 7.00. The first-order valence-corrected chi connectivity index (χ1v) is 17.0. The molecule has 0 bridgehead atoms. The first kappa shape index (κ1) is 28.7. The van der Waals surface area contributed by atoms with Crippen LogP contribution in [0.1, 0.15) is 63.8 Å². The highest BCUT2D eigenvalue weighted by Crippen LogP contribution is 2.45. The summed E-state index contributed by atoms with van der Waals surface area (Å²) >= 11 is 0. The lowest BCUT2D eigenvalue weighted by molar-refractivity contribution is 0.590. The third kappa shape index (κ3) is 4.54. The van der Waals surface area contributed by atoms with Gasteiger partial charge in [-0.3, -0.25) is 0 Å². The first-order chi connectivity index (χ1) is 20.8. The smallest absolute Gasteiger partial charge is 0.252 e. The standard InChI is InChI=1S/C40H43BN2Si/c1-25-21-36-38-37(22-25)43(33-12-10-9-11-26(33)2)35-20-18-30(44)24-32(35)41(38)31-23-28(40(6,7)8)15-19-34(31)42(36)29-16-13-27(14-17-29)39(3,4)5/h9-24H,1-8,44H3. The number of fused-ring (bicyclic) bond motifs is 4. The van der Waals surface area contributed by atoms with E-state index in [1.165, 1.54) is 78.0 Å². The topological polar surface area (TPSA) is 6.48 Å². The number of hydrogen-bond donors (Lipinski definition) is 0. The van der Waals surface area contributed by atoms with Crippen molar-refractivity contribution in [2.75, 3.05) is 9.80 Å². The van der Waals surface area contributed by atoms with E-state index in [4.69, 9.17) is 0 Å². The van der Waals surface area contributed by atoms with Gasteiger partial charge in [0.1, 0.15) is 0 Å². The summed E-state index contributed by atoms with van der Waals surface area (Å²) in [6, 6.07) is 37.4. The summed E-state index contributed by atoms with van der Waals surface area (Å²) in [7, 11) is 1.02. The Hall–Kier alpha value is -4.02. The second-order valence-corrected chi connectivity index (χ2v) is 16.1. The molecule has 0 spiro atoms. The van der Waals surface area contributed by atoms with Crippen molar-refractivity contribution in [2.45, 2.75) is 66.2 Å². The molecule has 4 heteroatoms. The Morgan fingerprint density at radius 3 is 1.77 bits per heavy atom. The largest absolute Gasteiger partial charge is 0.311 e. The van der Waals surface area contributed by atoms with Crippen LogP contribution < -0.4 is 31.4 Å². The lowest BCUT2D eigenvalue weighted by atomic mass is 9.33. The minimum atomic E-state index is 0.0504. The normalized spacial score (nSPS) is 14.0. The monoisotopic (exact) mass is 590 g/mol. The molecule has 5 aromatic rings. The van der Waals surface area contributed by atoms with Gasteiger partial charge in [0, 0.05) is 44.4 Å². The van der Waals surface area contributed by atoms with Crippen molar-refractivity contribution in [1.82, 2.24) is 0 Å². The Kier molecular flexibility index (Phi) is 6.53. The molecule has 2 heterocycles. The molecule has 2 aliphatic heterocycles. The van der Waals surface area contributed by atoms with E-state index in [1.54, 1.807) is 0 Å². The zero-order chi connectivity index (χ0) is 31.1. The quantitative estimate of drug-likeness (QED) is 0.201. The van der Waals surface area contributed by atoms with Crippen molar-refractivity contribution >= 4 is 72.7 Å². The van der Waals surface area contributed by atoms with Gasteiger partial charge in [0.05, 0.1) is 0 Å². The number of anilines is 6. The van der Waals surface area contributed by atoms with Gasteiger partial charge in [0.2, 0.25) is 0 Å². The predicted molar refractivity (Wildman–Crippen MR) is 197 cm³/mol. The highest BCUT2D eigenvalue weighted by Gasteiger charge is 2.44. The van der Waals surface area contributed by atoms with Crippen LogP contribution in [0.15, 0.2) is 97.1 Å². The Morgan fingerprint density at radius 2 is 1.11 bits per heavy atom. The zero-order valence-electron chi connectivity index (χ0n) is 27.7. The maximum Gasteiger partial charge on any atom is 0.252 e. The van der Waals surface area contributed by atoms with Crippen LogP contribution in [0.2, 0.25) is 0 Å². The molecule has 0 saturated carbocycles. The summed E-state index contributed by atoms with van der Waals surface area (Å²) in [5, 5.41) is 1.43. The summed E-state index contributed by atoms with van der Waals surface area (Å²) < 4.78 is 0. The average Bonchev–Trinajstić information content (AvgIpc) is 2.96. The molecule has 2 aliphatic rings. The van der Waals surface area contributed by atoms with Crippen molar-refractivity contribution < 1.29 is 0 Å². The summed E-state index contributed by atoms with van der Waals surface area (Å²) in [5.74, 6) is 0. The number of nitrogens with zero attached hydrogens (tertiary/aromatic N) is 2. The predicted octanol–water partition coefficient (Wildman–Crippen LogP) is 6.97. The van der Waals surface area contributed by atoms with Crippen LogP contribution in [-0.4, -0.2) is 17.0 Å². The van der Waals surface area contributed by atoms with E-state index in [1.807, 2.05) is 0 Å². The van der Waals surface area contributed by atoms with Crippen LogP contribution in [0.4, 0.5) is 34.1 Å². The molecule has 220 valence electrons. The van der Waals surface area contributed by atoms with E-state index in [0.717, 1.165) is 10.2 Å². The van der Waals surface area contributed by atoms with Crippen LogP contribution in [-0.2, 0) is 10.8 Å². The Morgan fingerprint density at radius 1 is 0.545 bits per heavy atom. The van der Waals surface area contributed by atoms with E-state index in [0.29, 0.717) is 0 Å². The number of benzene rings is 5. The molecule has 0 unspecified atom stereocenters. The van der Waals surface area contributed by atoms with Gasteiger partial charge in [-0.1, -0.05) is 101 Å². The van der Waals surface area contributed by atoms with Crippen LogP contribution >= 0.6 is 0 Å². The van der Waals surface area contributed by atoms with Crippen molar-refractivity contribution in [2.24, 2.45) is 0 Å². The molecule has 0 amide bonds. The minimum absolute atomic E-state index is 0.0504.